The summed E-state index contributed by atoms with van der Waals surface area (Å²) in [6, 6.07) is 6.43. The standard InChI is InChI=1S/C18H27N3O4S/c1-14-17(19-8-11-25-14)18(22)20-13-15-6-5-7-16(12-15)26(23,24)21-9-3-2-4-10-21/h5-7,12,14,17,19H,2-4,8-11,13H2,1H3,(H,20,22)/t14-,17+/m1/s1. The lowest BCUT2D eigenvalue weighted by molar-refractivity contribution is -0.129. The van der Waals surface area contributed by atoms with Gasteiger partial charge in [-0.1, -0.05) is 18.6 Å². The molecule has 0 aromatic heterocycles. The SMILES string of the molecule is C[C@H]1OCCN[C@@H]1C(=O)NCc1cccc(S(=O)(=O)N2CCCCC2)c1. The van der Waals surface area contributed by atoms with Gasteiger partial charge in [-0.15, -0.1) is 0 Å². The Kier molecular flexibility index (Phi) is 6.29. The number of nitrogens with zero attached hydrogens (tertiary/aromatic N) is 1. The number of morpholine rings is 1. The lowest BCUT2D eigenvalue weighted by Crippen LogP contribution is -2.55. The molecule has 1 aromatic carbocycles. The van der Waals surface area contributed by atoms with E-state index < -0.39 is 10.0 Å². The summed E-state index contributed by atoms with van der Waals surface area (Å²) in [4.78, 5) is 12.6. The first-order valence-corrected chi connectivity index (χ1v) is 10.6. The molecular formula is C18H27N3O4S. The monoisotopic (exact) mass is 381 g/mol. The van der Waals surface area contributed by atoms with Crippen LogP contribution in [-0.4, -0.2) is 57.0 Å². The Hall–Kier alpha value is -1.48. The highest BCUT2D eigenvalue weighted by Crippen LogP contribution is 2.21. The lowest BCUT2D eigenvalue weighted by Gasteiger charge is -2.29. The molecule has 2 aliphatic heterocycles. The number of carbonyl (C=O) groups excluding carboxylic acids is 1. The Bertz CT molecular complexity index is 732. The van der Waals surface area contributed by atoms with Crippen LogP contribution in [-0.2, 0) is 26.1 Å². The number of nitrogens with one attached hydrogen (secondary N) is 2. The molecule has 1 aromatic rings. The second-order valence-electron chi connectivity index (χ2n) is 6.84. The third kappa shape index (κ3) is 4.43. The summed E-state index contributed by atoms with van der Waals surface area (Å²) in [5, 5.41) is 6.01. The molecule has 2 N–H and O–H groups in total. The first kappa shape index (κ1) is 19.3. The zero-order valence-electron chi connectivity index (χ0n) is 15.1. The summed E-state index contributed by atoms with van der Waals surface area (Å²) in [5.74, 6) is -0.138. The second kappa shape index (κ2) is 8.47. The first-order chi connectivity index (χ1) is 12.5. The van der Waals surface area contributed by atoms with Crippen molar-refractivity contribution in [1.29, 1.82) is 0 Å². The molecule has 0 spiro atoms. The molecule has 8 heteroatoms. The van der Waals surface area contributed by atoms with Crippen LogP contribution in [0.3, 0.4) is 0 Å². The number of piperidine rings is 1. The fraction of sp³-hybridized carbons (Fsp3) is 0.611. The molecule has 0 aliphatic carbocycles. The lowest BCUT2D eigenvalue weighted by atomic mass is 10.1. The number of sulfonamides is 1. The fourth-order valence-electron chi connectivity index (χ4n) is 3.40. The number of carbonyl (C=O) groups is 1. The van der Waals surface area contributed by atoms with Crippen LogP contribution in [0.15, 0.2) is 29.2 Å². The summed E-state index contributed by atoms with van der Waals surface area (Å²) < 4.78 is 32.6. The van der Waals surface area contributed by atoms with Gasteiger partial charge in [0, 0.05) is 26.2 Å². The predicted molar refractivity (Wildman–Crippen MR) is 98.1 cm³/mol. The van der Waals surface area contributed by atoms with E-state index in [1.165, 1.54) is 0 Å². The van der Waals surface area contributed by atoms with Gasteiger partial charge in [-0.2, -0.15) is 4.31 Å². The van der Waals surface area contributed by atoms with E-state index in [0.717, 1.165) is 24.8 Å². The van der Waals surface area contributed by atoms with E-state index >= 15 is 0 Å². The Morgan fingerprint density at radius 2 is 2.08 bits per heavy atom. The zero-order chi connectivity index (χ0) is 18.6. The van der Waals surface area contributed by atoms with Gasteiger partial charge < -0.3 is 15.4 Å². The average molecular weight is 381 g/mol. The maximum Gasteiger partial charge on any atom is 0.243 e. The number of rotatable bonds is 5. The van der Waals surface area contributed by atoms with E-state index in [1.807, 2.05) is 13.0 Å². The number of amides is 1. The van der Waals surface area contributed by atoms with Crippen molar-refractivity contribution >= 4 is 15.9 Å². The van der Waals surface area contributed by atoms with E-state index in [4.69, 9.17) is 4.74 Å². The van der Waals surface area contributed by atoms with Gasteiger partial charge >= 0.3 is 0 Å². The molecule has 0 bridgehead atoms. The third-order valence-electron chi connectivity index (χ3n) is 4.92. The molecular weight excluding hydrogens is 354 g/mol. The Morgan fingerprint density at radius 1 is 1.31 bits per heavy atom. The minimum atomic E-state index is -3.46. The number of benzene rings is 1. The zero-order valence-corrected chi connectivity index (χ0v) is 15.9. The van der Waals surface area contributed by atoms with Crippen LogP contribution in [0.1, 0.15) is 31.7 Å². The average Bonchev–Trinajstić information content (AvgIpc) is 2.67. The molecule has 2 heterocycles. The van der Waals surface area contributed by atoms with Crippen LogP contribution >= 0.6 is 0 Å². The minimum absolute atomic E-state index is 0.138. The van der Waals surface area contributed by atoms with Crippen molar-refractivity contribution in [3.8, 4) is 0 Å². The predicted octanol–water partition coefficient (Wildman–Crippen LogP) is 0.854. The van der Waals surface area contributed by atoms with Gasteiger partial charge in [0.05, 0.1) is 17.6 Å². The molecule has 7 nitrogen and oxygen atoms in total. The summed E-state index contributed by atoms with van der Waals surface area (Å²) in [7, 11) is -3.46. The van der Waals surface area contributed by atoms with Gasteiger partial charge in [-0.25, -0.2) is 8.42 Å². The molecule has 26 heavy (non-hydrogen) atoms. The highest BCUT2D eigenvalue weighted by Gasteiger charge is 2.28. The van der Waals surface area contributed by atoms with Crippen LogP contribution in [0, 0.1) is 0 Å². The number of ether oxygens (including phenoxy) is 1. The Morgan fingerprint density at radius 3 is 2.81 bits per heavy atom. The molecule has 2 aliphatic rings. The molecule has 144 valence electrons. The molecule has 3 rings (SSSR count). The molecule has 1 amide bonds. The number of hydrogen-bond donors (Lipinski definition) is 2. The molecule has 2 fully saturated rings. The molecule has 0 saturated carbocycles. The van der Waals surface area contributed by atoms with Crippen molar-refractivity contribution in [2.45, 2.75) is 49.8 Å². The summed E-state index contributed by atoms with van der Waals surface area (Å²) in [6.07, 6.45) is 2.71. The topological polar surface area (TPSA) is 87.7 Å². The Balaban J connectivity index is 1.64. The maximum atomic E-state index is 12.8. The fourth-order valence-corrected chi connectivity index (χ4v) is 4.98. The minimum Gasteiger partial charge on any atom is -0.375 e. The largest absolute Gasteiger partial charge is 0.375 e. The smallest absolute Gasteiger partial charge is 0.243 e. The Labute approximate surface area is 155 Å². The maximum absolute atomic E-state index is 12.8. The van der Waals surface area contributed by atoms with Crippen LogP contribution in [0.5, 0.6) is 0 Å². The van der Waals surface area contributed by atoms with Crippen molar-refractivity contribution in [3.63, 3.8) is 0 Å². The van der Waals surface area contributed by atoms with E-state index in [9.17, 15) is 13.2 Å². The molecule has 2 saturated heterocycles. The molecule has 2 atom stereocenters. The quantitative estimate of drug-likeness (QED) is 0.790. The summed E-state index contributed by atoms with van der Waals surface area (Å²) in [5.41, 5.74) is 0.765. The van der Waals surface area contributed by atoms with Crippen LogP contribution in [0.25, 0.3) is 0 Å². The van der Waals surface area contributed by atoms with Crippen LogP contribution < -0.4 is 10.6 Å². The highest BCUT2D eigenvalue weighted by molar-refractivity contribution is 7.89. The second-order valence-corrected chi connectivity index (χ2v) is 8.78. The van der Waals surface area contributed by atoms with Gasteiger partial charge in [-0.05, 0) is 37.5 Å². The third-order valence-corrected chi connectivity index (χ3v) is 6.81. The van der Waals surface area contributed by atoms with Crippen molar-refractivity contribution < 1.29 is 17.9 Å². The van der Waals surface area contributed by atoms with E-state index in [-0.39, 0.29) is 24.6 Å². The van der Waals surface area contributed by atoms with E-state index in [1.54, 1.807) is 22.5 Å². The normalized spacial score (nSPS) is 25.0. The van der Waals surface area contributed by atoms with Crippen LogP contribution in [0.2, 0.25) is 0 Å². The molecule has 0 unspecified atom stereocenters. The van der Waals surface area contributed by atoms with Crippen molar-refractivity contribution in [2.24, 2.45) is 0 Å². The first-order valence-electron chi connectivity index (χ1n) is 9.20. The van der Waals surface area contributed by atoms with Crippen molar-refractivity contribution in [1.82, 2.24) is 14.9 Å². The van der Waals surface area contributed by atoms with Gasteiger partial charge in [0.25, 0.3) is 0 Å². The van der Waals surface area contributed by atoms with Crippen molar-refractivity contribution in [3.05, 3.63) is 29.8 Å². The van der Waals surface area contributed by atoms with Gasteiger partial charge in [0.1, 0.15) is 6.04 Å². The summed E-state index contributed by atoms with van der Waals surface area (Å²) in [6.45, 7) is 4.55. The van der Waals surface area contributed by atoms with Gasteiger partial charge in [0.15, 0.2) is 0 Å². The molecule has 0 radical (unpaired) electrons. The van der Waals surface area contributed by atoms with Gasteiger partial charge in [-0.3, -0.25) is 4.79 Å². The highest BCUT2D eigenvalue weighted by atomic mass is 32.2. The number of hydrogen-bond acceptors (Lipinski definition) is 5. The van der Waals surface area contributed by atoms with Crippen molar-refractivity contribution in [2.75, 3.05) is 26.2 Å². The summed E-state index contributed by atoms with van der Waals surface area (Å²) >= 11 is 0. The van der Waals surface area contributed by atoms with Gasteiger partial charge in [0.2, 0.25) is 15.9 Å². The van der Waals surface area contributed by atoms with E-state index in [0.29, 0.717) is 31.1 Å². The van der Waals surface area contributed by atoms with Crippen LogP contribution in [0.4, 0.5) is 0 Å². The van der Waals surface area contributed by atoms with E-state index in [2.05, 4.69) is 10.6 Å².